The van der Waals surface area contributed by atoms with Crippen molar-refractivity contribution in [2.24, 2.45) is 0 Å². The highest BCUT2D eigenvalue weighted by Crippen LogP contribution is 2.12. The van der Waals surface area contributed by atoms with Crippen molar-refractivity contribution in [3.05, 3.63) is 35.9 Å². The summed E-state index contributed by atoms with van der Waals surface area (Å²) in [4.78, 5) is 0. The predicted octanol–water partition coefficient (Wildman–Crippen LogP) is 5.71. The molecule has 0 aliphatic heterocycles. The van der Waals surface area contributed by atoms with Gasteiger partial charge in [0.2, 0.25) is 0 Å². The third-order valence-electron chi connectivity index (χ3n) is 3.24. The third kappa shape index (κ3) is 8.63. The van der Waals surface area contributed by atoms with Gasteiger partial charge in [0.1, 0.15) is 0 Å². The topological polar surface area (TPSA) is 0 Å². The fraction of sp³-hybridized carbons (Fsp3) is 0.647. The van der Waals surface area contributed by atoms with Crippen LogP contribution in [0.3, 0.4) is 0 Å². The Balaban J connectivity index is 1.82. The maximum absolute atomic E-state index is 2.28. The summed E-state index contributed by atoms with van der Waals surface area (Å²) in [6.07, 6.45) is 11.1. The van der Waals surface area contributed by atoms with Crippen molar-refractivity contribution >= 4 is 11.8 Å². The van der Waals surface area contributed by atoms with Crippen molar-refractivity contribution < 1.29 is 0 Å². The lowest BCUT2D eigenvalue weighted by Gasteiger charge is -2.03. The zero-order valence-corrected chi connectivity index (χ0v) is 12.7. The Bertz CT molecular complexity index is 268. The molecule has 0 N–H and O–H groups in total. The summed E-state index contributed by atoms with van der Waals surface area (Å²) in [5.74, 6) is 2.69. The monoisotopic (exact) mass is 264 g/mol. The molecule has 0 aromatic heterocycles. The minimum Gasteiger partial charge on any atom is -0.162 e. The predicted molar refractivity (Wildman–Crippen MR) is 85.5 cm³/mol. The van der Waals surface area contributed by atoms with E-state index in [4.69, 9.17) is 0 Å². The van der Waals surface area contributed by atoms with Crippen LogP contribution in [0.2, 0.25) is 0 Å². The van der Waals surface area contributed by atoms with Gasteiger partial charge < -0.3 is 0 Å². The highest BCUT2D eigenvalue weighted by molar-refractivity contribution is 7.99. The molecule has 0 nitrogen and oxygen atoms in total. The molecule has 0 aliphatic carbocycles. The van der Waals surface area contributed by atoms with Crippen molar-refractivity contribution in [2.45, 2.75) is 58.3 Å². The molecule has 102 valence electrons. The summed E-state index contributed by atoms with van der Waals surface area (Å²) < 4.78 is 0. The minimum atomic E-state index is 1.24. The summed E-state index contributed by atoms with van der Waals surface area (Å²) in [6, 6.07) is 10.8. The first kappa shape index (κ1) is 15.6. The molecule has 0 saturated heterocycles. The van der Waals surface area contributed by atoms with E-state index in [-0.39, 0.29) is 0 Å². The number of unbranched alkanes of at least 4 members (excludes halogenated alkanes) is 5. The number of thioether (sulfide) groups is 1. The van der Waals surface area contributed by atoms with Crippen LogP contribution >= 0.6 is 11.8 Å². The summed E-state index contributed by atoms with van der Waals surface area (Å²) in [5, 5.41) is 0. The molecule has 0 fully saturated rings. The average Bonchev–Trinajstić information content (AvgIpc) is 2.42. The average molecular weight is 264 g/mol. The standard InChI is InChI=1S/C17H28S/c1-2-3-4-5-6-10-15-18-16-11-14-17-12-8-7-9-13-17/h7-9,12-13H,2-6,10-11,14-16H2,1H3. The van der Waals surface area contributed by atoms with E-state index in [1.54, 1.807) is 0 Å². The molecule has 1 aromatic carbocycles. The maximum atomic E-state index is 2.28. The van der Waals surface area contributed by atoms with Crippen molar-refractivity contribution in [3.63, 3.8) is 0 Å². The molecule has 0 saturated carbocycles. The van der Waals surface area contributed by atoms with Gasteiger partial charge in [0.25, 0.3) is 0 Å². The molecule has 1 rings (SSSR count). The van der Waals surface area contributed by atoms with Crippen molar-refractivity contribution in [1.82, 2.24) is 0 Å². The molecule has 0 spiro atoms. The zero-order chi connectivity index (χ0) is 12.9. The first-order valence-corrected chi connectivity index (χ1v) is 8.70. The van der Waals surface area contributed by atoms with Gasteiger partial charge in [-0.2, -0.15) is 11.8 Å². The Hall–Kier alpha value is -0.430. The van der Waals surface area contributed by atoms with Crippen LogP contribution < -0.4 is 0 Å². The van der Waals surface area contributed by atoms with E-state index in [1.165, 1.54) is 68.4 Å². The van der Waals surface area contributed by atoms with Crippen LogP contribution in [0, 0.1) is 0 Å². The van der Waals surface area contributed by atoms with Crippen LogP contribution in [-0.4, -0.2) is 11.5 Å². The molecule has 0 bridgehead atoms. The smallest absolute Gasteiger partial charge is 0.00644 e. The zero-order valence-electron chi connectivity index (χ0n) is 11.9. The first-order valence-electron chi connectivity index (χ1n) is 7.55. The number of hydrogen-bond donors (Lipinski definition) is 0. The minimum absolute atomic E-state index is 1.24. The van der Waals surface area contributed by atoms with Gasteiger partial charge in [-0.25, -0.2) is 0 Å². The molecule has 0 atom stereocenters. The molecule has 0 radical (unpaired) electrons. The lowest BCUT2D eigenvalue weighted by Crippen LogP contribution is -1.89. The van der Waals surface area contributed by atoms with Crippen LogP contribution in [0.5, 0.6) is 0 Å². The number of benzene rings is 1. The number of hydrogen-bond acceptors (Lipinski definition) is 1. The maximum Gasteiger partial charge on any atom is -0.00644 e. The molecular formula is C17H28S. The molecular weight excluding hydrogens is 236 g/mol. The quantitative estimate of drug-likeness (QED) is 0.461. The normalized spacial score (nSPS) is 10.7. The Kier molecular flexibility index (Phi) is 10.1. The highest BCUT2D eigenvalue weighted by Gasteiger charge is 1.94. The fourth-order valence-corrected chi connectivity index (χ4v) is 3.07. The molecule has 1 heteroatoms. The third-order valence-corrected chi connectivity index (χ3v) is 4.39. The van der Waals surface area contributed by atoms with Crippen LogP contribution in [0.15, 0.2) is 30.3 Å². The molecule has 18 heavy (non-hydrogen) atoms. The first-order chi connectivity index (χ1) is 8.93. The SMILES string of the molecule is CCCCCCCCSCCCc1ccccc1. The molecule has 0 unspecified atom stereocenters. The second-order valence-electron chi connectivity index (χ2n) is 4.97. The van der Waals surface area contributed by atoms with E-state index >= 15 is 0 Å². The Labute approximate surface area is 118 Å². The van der Waals surface area contributed by atoms with Gasteiger partial charge >= 0.3 is 0 Å². The molecule has 0 amide bonds. The van der Waals surface area contributed by atoms with Crippen LogP contribution in [0.25, 0.3) is 0 Å². The highest BCUT2D eigenvalue weighted by atomic mass is 32.2. The van der Waals surface area contributed by atoms with Gasteiger partial charge in [-0.3, -0.25) is 0 Å². The number of rotatable bonds is 11. The lowest BCUT2D eigenvalue weighted by molar-refractivity contribution is 0.627. The Morgan fingerprint density at radius 3 is 2.22 bits per heavy atom. The van der Waals surface area contributed by atoms with Gasteiger partial charge in [-0.1, -0.05) is 69.4 Å². The van der Waals surface area contributed by atoms with Gasteiger partial charge in [0.05, 0.1) is 0 Å². The summed E-state index contributed by atoms with van der Waals surface area (Å²) in [5.41, 5.74) is 1.48. The number of aryl methyl sites for hydroxylation is 1. The van der Waals surface area contributed by atoms with Crippen LogP contribution in [-0.2, 0) is 6.42 Å². The van der Waals surface area contributed by atoms with E-state index in [9.17, 15) is 0 Å². The molecule has 0 aliphatic rings. The lowest BCUT2D eigenvalue weighted by atomic mass is 10.1. The molecule has 1 aromatic rings. The fourth-order valence-electron chi connectivity index (χ4n) is 2.11. The van der Waals surface area contributed by atoms with E-state index in [0.717, 1.165) is 0 Å². The van der Waals surface area contributed by atoms with Crippen molar-refractivity contribution in [1.29, 1.82) is 0 Å². The summed E-state index contributed by atoms with van der Waals surface area (Å²) in [7, 11) is 0. The van der Waals surface area contributed by atoms with E-state index in [1.807, 2.05) is 0 Å². The van der Waals surface area contributed by atoms with Crippen LogP contribution in [0.4, 0.5) is 0 Å². The van der Waals surface area contributed by atoms with Crippen LogP contribution in [0.1, 0.15) is 57.4 Å². The van der Waals surface area contributed by atoms with Gasteiger partial charge in [-0.05, 0) is 36.3 Å². The van der Waals surface area contributed by atoms with E-state index in [0.29, 0.717) is 0 Å². The van der Waals surface area contributed by atoms with E-state index in [2.05, 4.69) is 49.0 Å². The Morgan fingerprint density at radius 1 is 0.778 bits per heavy atom. The van der Waals surface area contributed by atoms with Gasteiger partial charge in [0, 0.05) is 0 Å². The van der Waals surface area contributed by atoms with E-state index < -0.39 is 0 Å². The second kappa shape index (κ2) is 11.6. The van der Waals surface area contributed by atoms with Gasteiger partial charge in [-0.15, -0.1) is 0 Å². The summed E-state index contributed by atoms with van der Waals surface area (Å²) >= 11 is 2.14. The second-order valence-corrected chi connectivity index (χ2v) is 6.19. The molecule has 0 heterocycles. The van der Waals surface area contributed by atoms with Gasteiger partial charge in [0.15, 0.2) is 0 Å². The van der Waals surface area contributed by atoms with Crippen molar-refractivity contribution in [3.8, 4) is 0 Å². The van der Waals surface area contributed by atoms with Crippen molar-refractivity contribution in [2.75, 3.05) is 11.5 Å². The summed E-state index contributed by atoms with van der Waals surface area (Å²) in [6.45, 7) is 2.28. The Morgan fingerprint density at radius 2 is 1.44 bits per heavy atom. The largest absolute Gasteiger partial charge is 0.162 e.